The number of hydrogen-bond acceptors (Lipinski definition) is 8. The predicted molar refractivity (Wildman–Crippen MR) is 135 cm³/mol. The minimum absolute atomic E-state index is 0. The van der Waals surface area contributed by atoms with Gasteiger partial charge in [-0.05, 0) is 38.5 Å². The molecule has 0 heterocycles. The number of hydrogen-bond donors (Lipinski definition) is 4. The smallest absolute Gasteiger partial charge is 0.412 e. The van der Waals surface area contributed by atoms with Crippen LogP contribution in [0.4, 0.5) is 0 Å². The summed E-state index contributed by atoms with van der Waals surface area (Å²) in [5, 5.41) is 12.3. The standard InChI is InChI=1S/2C7H12N2S4.Cu.Zn/c2*10-6(11)8-4-2-1-3-5(4)9-7(12)13;;/h2*4-5H,1-3H2,(H2,8,10,11)(H2,9,12,13);;/q;;2*+2/p-4. The van der Waals surface area contributed by atoms with E-state index in [4.69, 9.17) is 99.4 Å². The monoisotopic (exact) mass is 627 g/mol. The summed E-state index contributed by atoms with van der Waals surface area (Å²) in [6, 6.07) is 1.19. The van der Waals surface area contributed by atoms with E-state index in [1.807, 2.05) is 0 Å². The van der Waals surface area contributed by atoms with Crippen LogP contribution in [0, 0.1) is 0 Å². The molecular weight excluding hydrogens is 610 g/mol. The number of nitrogens with one attached hydrogen (secondary N) is 4. The van der Waals surface area contributed by atoms with Gasteiger partial charge in [0.2, 0.25) is 0 Å². The third-order valence-corrected chi connectivity index (χ3v) is 5.19. The maximum absolute atomic E-state index is 4.82. The average Bonchev–Trinajstić information content (AvgIpc) is 3.08. The summed E-state index contributed by atoms with van der Waals surface area (Å²) in [7, 11) is 0. The molecule has 0 aliphatic heterocycles. The van der Waals surface area contributed by atoms with Crippen LogP contribution in [0.5, 0.6) is 0 Å². The van der Waals surface area contributed by atoms with Crippen molar-refractivity contribution in [2.75, 3.05) is 0 Å². The summed E-state index contributed by atoms with van der Waals surface area (Å²) >= 11 is 38.5. The van der Waals surface area contributed by atoms with E-state index >= 15 is 0 Å². The SMILES string of the molecule is S=C([S-])NC1CCCC1NC(=S)[S-].S=C([S-])NC1CCCC1NC(=S)[S-].[Cu+2].[Zn+2]. The van der Waals surface area contributed by atoms with Crippen LogP contribution in [0.2, 0.25) is 0 Å². The molecule has 28 heavy (non-hydrogen) atoms. The van der Waals surface area contributed by atoms with Gasteiger partial charge in [-0.15, -0.1) is 0 Å². The molecule has 0 bridgehead atoms. The molecule has 0 aromatic carbocycles. The fourth-order valence-electron chi connectivity index (χ4n) is 3.22. The predicted octanol–water partition coefficient (Wildman–Crippen LogP) is 1.50. The first-order chi connectivity index (χ1) is 12.2. The van der Waals surface area contributed by atoms with Crippen molar-refractivity contribution in [3.63, 3.8) is 0 Å². The fraction of sp³-hybridized carbons (Fsp3) is 0.714. The van der Waals surface area contributed by atoms with Crippen LogP contribution in [0.3, 0.4) is 0 Å². The van der Waals surface area contributed by atoms with Crippen molar-refractivity contribution in [2.45, 2.75) is 62.7 Å². The Balaban J connectivity index is 0. The molecule has 2 saturated carbocycles. The van der Waals surface area contributed by atoms with Gasteiger partial charge in [-0.2, -0.15) is 0 Å². The molecule has 0 saturated heterocycles. The van der Waals surface area contributed by atoms with Gasteiger partial charge >= 0.3 is 36.5 Å². The topological polar surface area (TPSA) is 48.1 Å². The van der Waals surface area contributed by atoms with Crippen molar-refractivity contribution in [2.24, 2.45) is 0 Å². The molecule has 157 valence electrons. The van der Waals surface area contributed by atoms with Gasteiger partial charge < -0.3 is 121 Å². The van der Waals surface area contributed by atoms with Gasteiger partial charge in [-0.3, -0.25) is 0 Å². The van der Waals surface area contributed by atoms with Crippen molar-refractivity contribution in [1.29, 1.82) is 0 Å². The Labute approximate surface area is 234 Å². The molecule has 0 aromatic heterocycles. The van der Waals surface area contributed by atoms with Gasteiger partial charge in [0.15, 0.2) is 0 Å². The Morgan fingerprint density at radius 3 is 0.857 bits per heavy atom. The number of thiocarbonyl (C=S) groups is 4. The molecule has 0 spiro atoms. The Morgan fingerprint density at radius 2 is 0.714 bits per heavy atom. The van der Waals surface area contributed by atoms with Gasteiger partial charge in [0.1, 0.15) is 0 Å². The first-order valence-corrected chi connectivity index (χ1v) is 11.4. The van der Waals surface area contributed by atoms with Crippen LogP contribution in [-0.4, -0.2) is 41.4 Å². The second kappa shape index (κ2) is 17.2. The van der Waals surface area contributed by atoms with E-state index in [-0.39, 0.29) is 36.5 Å². The van der Waals surface area contributed by atoms with Crippen LogP contribution < -0.4 is 21.3 Å². The zero-order valence-electron chi connectivity index (χ0n) is 14.8. The van der Waals surface area contributed by atoms with E-state index in [1.54, 1.807) is 0 Å². The summed E-state index contributed by atoms with van der Waals surface area (Å²) in [5.74, 6) is 0. The normalized spacial score (nSPS) is 24.9. The van der Waals surface area contributed by atoms with Crippen LogP contribution >= 0.6 is 48.9 Å². The summed E-state index contributed by atoms with van der Waals surface area (Å²) in [6.45, 7) is 0. The first kappa shape index (κ1) is 31.8. The second-order valence-corrected chi connectivity index (χ2v) is 10.3. The van der Waals surface area contributed by atoms with Gasteiger partial charge in [-0.1, -0.05) is 17.3 Å². The molecule has 14 heteroatoms. The fourth-order valence-corrected chi connectivity index (χ4v) is 4.43. The van der Waals surface area contributed by atoms with Gasteiger partial charge in [0.05, 0.1) is 0 Å². The van der Waals surface area contributed by atoms with Crippen LogP contribution in [-0.2, 0) is 87.1 Å². The minimum atomic E-state index is 0. The second-order valence-electron chi connectivity index (χ2n) is 6.01. The van der Waals surface area contributed by atoms with Crippen LogP contribution in [0.25, 0.3) is 0 Å². The van der Waals surface area contributed by atoms with Crippen molar-refractivity contribution in [3.05, 3.63) is 0 Å². The van der Waals surface area contributed by atoms with E-state index in [2.05, 4.69) is 21.3 Å². The van der Waals surface area contributed by atoms with Gasteiger partial charge in [-0.25, -0.2) is 0 Å². The molecule has 4 nitrogen and oxygen atoms in total. The molecule has 4 N–H and O–H groups in total. The van der Waals surface area contributed by atoms with Gasteiger partial charge in [0.25, 0.3) is 0 Å². The quantitative estimate of drug-likeness (QED) is 0.207. The first-order valence-electron chi connectivity index (χ1n) is 8.09. The molecule has 2 aliphatic rings. The van der Waals surface area contributed by atoms with E-state index in [9.17, 15) is 0 Å². The molecule has 4 unspecified atom stereocenters. The maximum atomic E-state index is 4.82. The van der Waals surface area contributed by atoms with Crippen molar-refractivity contribution in [3.8, 4) is 0 Å². The molecule has 4 atom stereocenters. The zero-order chi connectivity index (χ0) is 19.7. The Hall–Kier alpha value is 1.58. The molecule has 0 amide bonds. The molecule has 2 fully saturated rings. The van der Waals surface area contributed by atoms with Gasteiger partial charge in [0, 0.05) is 24.2 Å². The Morgan fingerprint density at radius 1 is 0.536 bits per heavy atom. The summed E-state index contributed by atoms with van der Waals surface area (Å²) < 4.78 is 1.70. The third kappa shape index (κ3) is 13.8. The molecule has 2 rings (SSSR count). The summed E-state index contributed by atoms with van der Waals surface area (Å²) in [5.41, 5.74) is 0. The number of rotatable bonds is 4. The van der Waals surface area contributed by atoms with Crippen molar-refractivity contribution >= 4 is 117 Å². The van der Waals surface area contributed by atoms with Crippen molar-refractivity contribution < 1.29 is 36.5 Å². The molecule has 0 aromatic rings. The Bertz CT molecular complexity index is 451. The van der Waals surface area contributed by atoms with Crippen LogP contribution in [0.1, 0.15) is 38.5 Å². The molecule has 2 aliphatic carbocycles. The van der Waals surface area contributed by atoms with E-state index in [1.165, 1.54) is 0 Å². The summed E-state index contributed by atoms with van der Waals surface area (Å²) in [6.07, 6.45) is 6.62. The molecular formula is C14H20CuN4S8Zn. The van der Waals surface area contributed by atoms with E-state index in [0.29, 0.717) is 41.4 Å². The van der Waals surface area contributed by atoms with E-state index in [0.717, 1.165) is 38.5 Å². The molecule has 1 radical (unpaired) electrons. The van der Waals surface area contributed by atoms with E-state index < -0.39 is 0 Å². The Kier molecular flexibility index (Phi) is 19.5. The summed E-state index contributed by atoms with van der Waals surface area (Å²) in [4.78, 5) is 0. The zero-order valence-corrected chi connectivity index (χ0v) is 25.3. The largest absolute Gasteiger partial charge is 2.00 e. The maximum Gasteiger partial charge on any atom is 2.00 e. The minimum Gasteiger partial charge on any atom is -0.412 e. The van der Waals surface area contributed by atoms with Crippen molar-refractivity contribution in [1.82, 2.24) is 21.3 Å². The third-order valence-electron chi connectivity index (χ3n) is 4.24. The van der Waals surface area contributed by atoms with Crippen LogP contribution in [0.15, 0.2) is 0 Å². The average molecular weight is 630 g/mol.